The van der Waals surface area contributed by atoms with E-state index in [0.29, 0.717) is 17.6 Å². The van der Waals surface area contributed by atoms with Crippen LogP contribution in [-0.2, 0) is 16.1 Å². The molecule has 0 atom stereocenters. The van der Waals surface area contributed by atoms with Crippen molar-refractivity contribution in [3.63, 3.8) is 0 Å². The van der Waals surface area contributed by atoms with Crippen molar-refractivity contribution in [3.05, 3.63) is 59.7 Å². The van der Waals surface area contributed by atoms with Crippen molar-refractivity contribution in [1.29, 1.82) is 0 Å². The van der Waals surface area contributed by atoms with Gasteiger partial charge in [0.05, 0.1) is 16.8 Å². The number of amides is 2. The van der Waals surface area contributed by atoms with E-state index in [2.05, 4.69) is 25.2 Å². The zero-order chi connectivity index (χ0) is 20.8. The second-order valence-corrected chi connectivity index (χ2v) is 8.19. The van der Waals surface area contributed by atoms with Gasteiger partial charge in [0.15, 0.2) is 18.2 Å². The number of quaternary nitrogens is 1. The van der Waals surface area contributed by atoms with E-state index in [1.54, 1.807) is 17.3 Å². The predicted molar refractivity (Wildman–Crippen MR) is 117 cm³/mol. The number of rotatable bonds is 8. The van der Waals surface area contributed by atoms with Gasteiger partial charge in [-0.1, -0.05) is 67.6 Å². The van der Waals surface area contributed by atoms with E-state index in [4.69, 9.17) is 4.98 Å². The number of nitrogens with two attached hydrogens (primary N) is 1. The molecular weight excluding hydrogens is 384 g/mol. The summed E-state index contributed by atoms with van der Waals surface area (Å²) in [6.07, 6.45) is 0. The lowest BCUT2D eigenvalue weighted by atomic mass is 10.0. The standard InChI is InChI=1S/C22H26N4O2S/c1-15(2)17-10-7-11-18-21(17)25-22(29-18)26(14-16-8-5-4-6-9-16)20(28)13-24-12-19(27)23-3/h4-11,15,24H,12-14H2,1-3H3,(H,23,27)/p+1. The number of carbonyl (C=O) groups excluding carboxylic acids is 2. The SMILES string of the molecule is CNC(=O)C[NH2+]CC(=O)N(Cc1ccccc1)c1nc2c(C(C)C)cccc2s1. The van der Waals surface area contributed by atoms with Crippen LogP contribution >= 0.6 is 11.3 Å². The lowest BCUT2D eigenvalue weighted by molar-refractivity contribution is -0.632. The summed E-state index contributed by atoms with van der Waals surface area (Å²) in [5, 5.41) is 4.97. The third-order valence-electron chi connectivity index (χ3n) is 4.70. The Labute approximate surface area is 174 Å². The number of anilines is 1. The van der Waals surface area contributed by atoms with E-state index in [9.17, 15) is 9.59 Å². The van der Waals surface area contributed by atoms with Gasteiger partial charge in [-0.25, -0.2) is 4.98 Å². The van der Waals surface area contributed by atoms with Crippen LogP contribution in [0.15, 0.2) is 48.5 Å². The number of likely N-dealkylation sites (N-methyl/N-ethyl adjacent to an activating group) is 1. The molecule has 2 amide bonds. The number of nitrogens with zero attached hydrogens (tertiary/aromatic N) is 2. The molecule has 3 N–H and O–H groups in total. The highest BCUT2D eigenvalue weighted by Crippen LogP contribution is 2.34. The van der Waals surface area contributed by atoms with Crippen LogP contribution in [0.3, 0.4) is 0 Å². The number of hydrogen-bond acceptors (Lipinski definition) is 4. The molecule has 0 fully saturated rings. The Kier molecular flexibility index (Phi) is 6.95. The van der Waals surface area contributed by atoms with Crippen LogP contribution in [-0.4, -0.2) is 36.9 Å². The van der Waals surface area contributed by atoms with Crippen LogP contribution in [0, 0.1) is 0 Å². The van der Waals surface area contributed by atoms with Crippen molar-refractivity contribution < 1.29 is 14.9 Å². The molecule has 0 saturated carbocycles. The maximum atomic E-state index is 13.0. The highest BCUT2D eigenvalue weighted by Gasteiger charge is 2.22. The Morgan fingerprint density at radius 1 is 1.10 bits per heavy atom. The van der Waals surface area contributed by atoms with Crippen molar-refractivity contribution in [3.8, 4) is 0 Å². The van der Waals surface area contributed by atoms with Crippen molar-refractivity contribution in [2.24, 2.45) is 0 Å². The summed E-state index contributed by atoms with van der Waals surface area (Å²) >= 11 is 1.53. The van der Waals surface area contributed by atoms with Gasteiger partial charge in [0.1, 0.15) is 0 Å². The van der Waals surface area contributed by atoms with Crippen molar-refractivity contribution in [1.82, 2.24) is 10.3 Å². The fourth-order valence-electron chi connectivity index (χ4n) is 3.11. The predicted octanol–water partition coefficient (Wildman–Crippen LogP) is 2.26. The number of nitrogens with one attached hydrogen (secondary N) is 1. The van der Waals surface area contributed by atoms with Gasteiger partial charge in [-0.05, 0) is 23.1 Å². The number of carbonyl (C=O) groups is 2. The first kappa shape index (κ1) is 21.0. The Hall–Kier alpha value is -2.77. The monoisotopic (exact) mass is 411 g/mol. The van der Waals surface area contributed by atoms with Crippen molar-refractivity contribution in [2.75, 3.05) is 25.0 Å². The molecule has 2 aromatic carbocycles. The number of thiazole rings is 1. The zero-order valence-electron chi connectivity index (χ0n) is 17.0. The quantitative estimate of drug-likeness (QED) is 0.597. The molecule has 0 aliphatic heterocycles. The third kappa shape index (κ3) is 5.19. The second kappa shape index (κ2) is 9.62. The summed E-state index contributed by atoms with van der Waals surface area (Å²) in [5.41, 5.74) is 3.18. The first-order chi connectivity index (χ1) is 14.0. The second-order valence-electron chi connectivity index (χ2n) is 7.18. The normalized spacial score (nSPS) is 11.0. The molecule has 6 nitrogen and oxygen atoms in total. The molecule has 1 heterocycles. The Morgan fingerprint density at radius 2 is 1.86 bits per heavy atom. The number of para-hydroxylation sites is 1. The van der Waals surface area contributed by atoms with Gasteiger partial charge in [0, 0.05) is 7.05 Å². The molecule has 7 heteroatoms. The van der Waals surface area contributed by atoms with Gasteiger partial charge in [-0.2, -0.15) is 0 Å². The summed E-state index contributed by atoms with van der Waals surface area (Å²) in [5.74, 6) is 0.185. The lowest BCUT2D eigenvalue weighted by Crippen LogP contribution is -2.88. The zero-order valence-corrected chi connectivity index (χ0v) is 17.8. The Bertz CT molecular complexity index is 985. The average Bonchev–Trinajstić information content (AvgIpc) is 3.16. The topological polar surface area (TPSA) is 78.9 Å². The molecule has 1 aromatic heterocycles. The summed E-state index contributed by atoms with van der Waals surface area (Å²) in [6.45, 7) is 5.15. The summed E-state index contributed by atoms with van der Waals surface area (Å²) in [4.78, 5) is 31.1. The molecule has 3 rings (SSSR count). The smallest absolute Gasteiger partial charge is 0.284 e. The highest BCUT2D eigenvalue weighted by molar-refractivity contribution is 7.22. The summed E-state index contributed by atoms with van der Waals surface area (Å²) < 4.78 is 1.08. The van der Waals surface area contributed by atoms with Gasteiger partial charge in [-0.3, -0.25) is 14.5 Å². The molecule has 0 radical (unpaired) electrons. The number of hydrogen-bond donors (Lipinski definition) is 2. The minimum Gasteiger partial charge on any atom is -0.354 e. The van der Waals surface area contributed by atoms with Crippen LogP contribution in [0.4, 0.5) is 5.13 Å². The molecule has 0 aliphatic rings. The molecule has 29 heavy (non-hydrogen) atoms. The molecule has 0 spiro atoms. The maximum Gasteiger partial charge on any atom is 0.284 e. The van der Waals surface area contributed by atoms with Crippen LogP contribution < -0.4 is 15.5 Å². The third-order valence-corrected chi connectivity index (χ3v) is 5.75. The van der Waals surface area contributed by atoms with E-state index < -0.39 is 0 Å². The van der Waals surface area contributed by atoms with E-state index in [1.165, 1.54) is 16.9 Å². The minimum atomic E-state index is -0.103. The molecule has 0 saturated heterocycles. The number of aromatic nitrogens is 1. The summed E-state index contributed by atoms with van der Waals surface area (Å²) in [6, 6.07) is 16.1. The Morgan fingerprint density at radius 3 is 2.55 bits per heavy atom. The van der Waals surface area contributed by atoms with Gasteiger partial charge < -0.3 is 10.6 Å². The van der Waals surface area contributed by atoms with Crippen molar-refractivity contribution in [2.45, 2.75) is 26.3 Å². The van der Waals surface area contributed by atoms with Crippen LogP contribution in [0.25, 0.3) is 10.2 Å². The van der Waals surface area contributed by atoms with Gasteiger partial charge in [0.2, 0.25) is 0 Å². The molecule has 152 valence electrons. The van der Waals surface area contributed by atoms with Gasteiger partial charge in [-0.15, -0.1) is 0 Å². The van der Waals surface area contributed by atoms with Crippen LogP contribution in [0.1, 0.15) is 30.9 Å². The number of benzene rings is 2. The highest BCUT2D eigenvalue weighted by atomic mass is 32.1. The largest absolute Gasteiger partial charge is 0.354 e. The molecule has 0 bridgehead atoms. The molecule has 0 aliphatic carbocycles. The lowest BCUT2D eigenvalue weighted by Gasteiger charge is -2.19. The van der Waals surface area contributed by atoms with Crippen LogP contribution in [0.5, 0.6) is 0 Å². The Balaban J connectivity index is 1.90. The van der Waals surface area contributed by atoms with Gasteiger partial charge >= 0.3 is 0 Å². The molecular formula is C22H27N4O2S+. The van der Waals surface area contributed by atoms with E-state index in [1.807, 2.05) is 42.5 Å². The van der Waals surface area contributed by atoms with E-state index in [0.717, 1.165) is 15.8 Å². The van der Waals surface area contributed by atoms with Crippen LogP contribution in [0.2, 0.25) is 0 Å². The molecule has 3 aromatic rings. The molecule has 0 unspecified atom stereocenters. The van der Waals surface area contributed by atoms with E-state index >= 15 is 0 Å². The fourth-order valence-corrected chi connectivity index (χ4v) is 4.12. The number of fused-ring (bicyclic) bond motifs is 1. The first-order valence-electron chi connectivity index (χ1n) is 9.75. The van der Waals surface area contributed by atoms with Gasteiger partial charge in [0.25, 0.3) is 11.8 Å². The minimum absolute atomic E-state index is 0.0668. The average molecular weight is 412 g/mol. The maximum absolute atomic E-state index is 13.0. The van der Waals surface area contributed by atoms with Crippen molar-refractivity contribution >= 4 is 38.5 Å². The summed E-state index contributed by atoms with van der Waals surface area (Å²) in [7, 11) is 1.59. The van der Waals surface area contributed by atoms with E-state index in [-0.39, 0.29) is 24.9 Å². The fraction of sp³-hybridized carbons (Fsp3) is 0.318. The first-order valence-corrected chi connectivity index (χ1v) is 10.6.